The molecule has 0 spiro atoms. The molecule has 0 amide bonds. The largest absolute Gasteiger partial charge is 0.379 e. The molecule has 2 heterocycles. The lowest BCUT2D eigenvalue weighted by Crippen LogP contribution is -2.39. The van der Waals surface area contributed by atoms with E-state index in [2.05, 4.69) is 4.98 Å². The maximum Gasteiger partial charge on any atom is 0.236 e. The second kappa shape index (κ2) is 5.61. The zero-order valence-electron chi connectivity index (χ0n) is 10.7. The molecule has 0 saturated carbocycles. The summed E-state index contributed by atoms with van der Waals surface area (Å²) in [4.78, 5) is 4.20. The molecule has 0 radical (unpaired) electrons. The Morgan fingerprint density at radius 2 is 2.10 bits per heavy atom. The maximum absolute atomic E-state index is 12.1. The number of rotatable bonds is 3. The highest BCUT2D eigenvalue weighted by atomic mass is 32.2. The Labute approximate surface area is 121 Å². The minimum absolute atomic E-state index is 0.417. The van der Waals surface area contributed by atoms with Gasteiger partial charge in [0.05, 0.1) is 28.9 Å². The van der Waals surface area contributed by atoms with Gasteiger partial charge in [-0.25, -0.2) is 13.4 Å². The summed E-state index contributed by atoms with van der Waals surface area (Å²) in [6.07, 6.45) is 1.63. The topological polar surface area (TPSA) is 59.5 Å². The predicted molar refractivity (Wildman–Crippen MR) is 80.0 cm³/mol. The number of hydrogen-bond acceptors (Lipinski definition) is 5. The van der Waals surface area contributed by atoms with Crippen LogP contribution in [0.4, 0.5) is 0 Å². The molecule has 1 aliphatic rings. The summed E-state index contributed by atoms with van der Waals surface area (Å²) in [7, 11) is -3.36. The molecule has 106 valence electrons. The lowest BCUT2D eigenvalue weighted by Gasteiger charge is -2.24. The number of sulfonamides is 1. The Bertz CT molecular complexity index is 731. The van der Waals surface area contributed by atoms with Crippen LogP contribution in [0.15, 0.2) is 29.1 Å². The molecule has 2 aromatic rings. The molecule has 7 heteroatoms. The first-order valence-corrected chi connectivity index (χ1v) is 8.63. The van der Waals surface area contributed by atoms with Crippen LogP contribution in [-0.4, -0.2) is 44.0 Å². The molecule has 0 aliphatic carbocycles. The van der Waals surface area contributed by atoms with E-state index in [0.717, 1.165) is 15.8 Å². The summed E-state index contributed by atoms with van der Waals surface area (Å²) in [6, 6.07) is 5.71. The molecule has 0 unspecified atom stereocenters. The fraction of sp³-hybridized carbons (Fsp3) is 0.308. The summed E-state index contributed by atoms with van der Waals surface area (Å²) in [5.41, 5.74) is 3.57. The Balaban J connectivity index is 1.81. The minimum Gasteiger partial charge on any atom is -0.379 e. The molecule has 1 aromatic heterocycles. The fourth-order valence-electron chi connectivity index (χ4n) is 2.03. The normalized spacial score (nSPS) is 18.0. The average molecular weight is 310 g/mol. The van der Waals surface area contributed by atoms with Crippen molar-refractivity contribution in [3.63, 3.8) is 0 Å². The number of hydrogen-bond donors (Lipinski definition) is 0. The molecule has 1 aromatic carbocycles. The van der Waals surface area contributed by atoms with Crippen molar-refractivity contribution in [1.82, 2.24) is 9.29 Å². The highest BCUT2D eigenvalue weighted by Gasteiger charge is 2.21. The van der Waals surface area contributed by atoms with Crippen LogP contribution in [-0.2, 0) is 14.8 Å². The summed E-state index contributed by atoms with van der Waals surface area (Å²) in [6.45, 7) is 1.75. The van der Waals surface area contributed by atoms with Crippen molar-refractivity contribution in [2.45, 2.75) is 0 Å². The molecule has 5 nitrogen and oxygen atoms in total. The van der Waals surface area contributed by atoms with Crippen LogP contribution in [0.1, 0.15) is 5.56 Å². The van der Waals surface area contributed by atoms with Crippen molar-refractivity contribution in [2.75, 3.05) is 26.3 Å². The van der Waals surface area contributed by atoms with Gasteiger partial charge in [0.2, 0.25) is 10.0 Å². The van der Waals surface area contributed by atoms with Crippen LogP contribution in [0, 0.1) is 0 Å². The van der Waals surface area contributed by atoms with E-state index in [0.29, 0.717) is 26.3 Å². The van der Waals surface area contributed by atoms with Gasteiger partial charge < -0.3 is 4.74 Å². The lowest BCUT2D eigenvalue weighted by atomic mass is 10.2. The van der Waals surface area contributed by atoms with Gasteiger partial charge in [0.25, 0.3) is 0 Å². The van der Waals surface area contributed by atoms with Gasteiger partial charge in [0.15, 0.2) is 0 Å². The van der Waals surface area contributed by atoms with Gasteiger partial charge in [-0.2, -0.15) is 4.31 Å². The third-order valence-corrected chi connectivity index (χ3v) is 5.47. The molecule has 3 rings (SSSR count). The molecular formula is C13H14N2O3S2. The third kappa shape index (κ3) is 2.90. The van der Waals surface area contributed by atoms with Crippen LogP contribution >= 0.6 is 11.3 Å². The lowest BCUT2D eigenvalue weighted by molar-refractivity contribution is 0.0736. The van der Waals surface area contributed by atoms with Crippen LogP contribution in [0.3, 0.4) is 0 Å². The van der Waals surface area contributed by atoms with Gasteiger partial charge in [-0.15, -0.1) is 11.3 Å². The molecule has 0 atom stereocenters. The Morgan fingerprint density at radius 3 is 2.90 bits per heavy atom. The van der Waals surface area contributed by atoms with Gasteiger partial charge in [-0.1, -0.05) is 6.07 Å². The van der Waals surface area contributed by atoms with Crippen LogP contribution in [0.25, 0.3) is 16.3 Å². The Kier molecular flexibility index (Phi) is 3.84. The second-order valence-electron chi connectivity index (χ2n) is 4.44. The smallest absolute Gasteiger partial charge is 0.236 e. The SMILES string of the molecule is O=S(=O)(/C=C/c1ccc2ncsc2c1)N1CCOCC1. The van der Waals surface area contributed by atoms with Gasteiger partial charge in [0.1, 0.15) is 0 Å². The van der Waals surface area contributed by atoms with E-state index in [1.807, 2.05) is 18.2 Å². The van der Waals surface area contributed by atoms with Crippen LogP contribution < -0.4 is 0 Å². The monoisotopic (exact) mass is 310 g/mol. The molecular weight excluding hydrogens is 296 g/mol. The first kappa shape index (κ1) is 13.7. The van der Waals surface area contributed by atoms with Gasteiger partial charge in [-0.05, 0) is 23.8 Å². The van der Waals surface area contributed by atoms with Gasteiger partial charge in [0, 0.05) is 18.5 Å². The third-order valence-electron chi connectivity index (χ3n) is 3.12. The fourth-order valence-corrected chi connectivity index (χ4v) is 3.91. The minimum atomic E-state index is -3.36. The quantitative estimate of drug-likeness (QED) is 0.869. The van der Waals surface area contributed by atoms with Crippen LogP contribution in [0.5, 0.6) is 0 Å². The maximum atomic E-state index is 12.1. The molecule has 0 bridgehead atoms. The van der Waals surface area contributed by atoms with E-state index in [1.54, 1.807) is 22.9 Å². The van der Waals surface area contributed by atoms with Crippen molar-refractivity contribution in [3.8, 4) is 0 Å². The van der Waals surface area contributed by atoms with Crippen molar-refractivity contribution in [2.24, 2.45) is 0 Å². The standard InChI is InChI=1S/C13H14N2O3S2/c16-20(17,15-4-6-18-7-5-15)8-3-11-1-2-12-13(9-11)19-10-14-12/h1-3,8-10H,4-7H2/b8-3+. The zero-order chi connectivity index (χ0) is 14.0. The van der Waals surface area contributed by atoms with E-state index in [4.69, 9.17) is 4.74 Å². The van der Waals surface area contributed by atoms with E-state index in [1.165, 1.54) is 9.71 Å². The van der Waals surface area contributed by atoms with Gasteiger partial charge >= 0.3 is 0 Å². The number of aromatic nitrogens is 1. The Morgan fingerprint density at radius 1 is 1.30 bits per heavy atom. The van der Waals surface area contributed by atoms with Gasteiger partial charge in [-0.3, -0.25) is 0 Å². The van der Waals surface area contributed by atoms with E-state index in [-0.39, 0.29) is 0 Å². The van der Waals surface area contributed by atoms with Crippen LogP contribution in [0.2, 0.25) is 0 Å². The summed E-state index contributed by atoms with van der Waals surface area (Å²) >= 11 is 1.54. The first-order valence-electron chi connectivity index (χ1n) is 6.24. The summed E-state index contributed by atoms with van der Waals surface area (Å²) < 4.78 is 31.9. The summed E-state index contributed by atoms with van der Waals surface area (Å²) in [5, 5.41) is 1.26. The van der Waals surface area contributed by atoms with E-state index < -0.39 is 10.0 Å². The Hall–Kier alpha value is -1.28. The highest BCUT2D eigenvalue weighted by molar-refractivity contribution is 7.92. The number of nitrogens with zero attached hydrogens (tertiary/aromatic N) is 2. The molecule has 1 aliphatic heterocycles. The predicted octanol–water partition coefficient (Wildman–Crippen LogP) is 1.93. The molecule has 1 saturated heterocycles. The zero-order valence-corrected chi connectivity index (χ0v) is 12.4. The number of benzene rings is 1. The van der Waals surface area contributed by atoms with E-state index in [9.17, 15) is 8.42 Å². The summed E-state index contributed by atoms with van der Waals surface area (Å²) in [5.74, 6) is 0. The highest BCUT2D eigenvalue weighted by Crippen LogP contribution is 2.20. The first-order chi connectivity index (χ1) is 9.65. The van der Waals surface area contributed by atoms with Crippen molar-refractivity contribution < 1.29 is 13.2 Å². The average Bonchev–Trinajstić information content (AvgIpc) is 2.94. The number of ether oxygens (including phenoxy) is 1. The second-order valence-corrected chi connectivity index (χ2v) is 7.14. The van der Waals surface area contributed by atoms with E-state index >= 15 is 0 Å². The van der Waals surface area contributed by atoms with Crippen molar-refractivity contribution in [1.29, 1.82) is 0 Å². The molecule has 1 fully saturated rings. The van der Waals surface area contributed by atoms with Crippen molar-refractivity contribution in [3.05, 3.63) is 34.7 Å². The number of morpholine rings is 1. The number of fused-ring (bicyclic) bond motifs is 1. The number of thiazole rings is 1. The molecule has 0 N–H and O–H groups in total. The van der Waals surface area contributed by atoms with Crippen molar-refractivity contribution >= 4 is 37.7 Å². The molecule has 20 heavy (non-hydrogen) atoms.